The molecule has 0 spiro atoms. The SMILES string of the molecule is CNC(Cc1nc(C2CC2(C)C)no1)CC(C)C. The molecule has 1 aliphatic carbocycles. The first-order chi connectivity index (χ1) is 8.42. The van der Waals surface area contributed by atoms with Gasteiger partial charge >= 0.3 is 0 Å². The second kappa shape index (κ2) is 5.00. The van der Waals surface area contributed by atoms with Crippen LogP contribution in [0.25, 0.3) is 0 Å². The Balaban J connectivity index is 1.94. The molecule has 0 saturated heterocycles. The summed E-state index contributed by atoms with van der Waals surface area (Å²) in [6.45, 7) is 8.97. The molecule has 1 N–H and O–H groups in total. The van der Waals surface area contributed by atoms with Gasteiger partial charge in [-0.25, -0.2) is 0 Å². The fourth-order valence-corrected chi connectivity index (χ4v) is 2.48. The van der Waals surface area contributed by atoms with E-state index in [9.17, 15) is 0 Å². The van der Waals surface area contributed by atoms with Crippen LogP contribution in [0, 0.1) is 11.3 Å². The van der Waals surface area contributed by atoms with Crippen molar-refractivity contribution >= 4 is 0 Å². The lowest BCUT2D eigenvalue weighted by Gasteiger charge is -2.15. The van der Waals surface area contributed by atoms with Crippen LogP contribution in [0.3, 0.4) is 0 Å². The minimum absolute atomic E-state index is 0.363. The van der Waals surface area contributed by atoms with Crippen LogP contribution in [-0.4, -0.2) is 23.2 Å². The smallest absolute Gasteiger partial charge is 0.228 e. The van der Waals surface area contributed by atoms with E-state index in [0.717, 1.165) is 24.6 Å². The molecule has 0 amide bonds. The second-order valence-corrected chi connectivity index (χ2v) is 6.61. The van der Waals surface area contributed by atoms with Gasteiger partial charge in [0.15, 0.2) is 5.82 Å². The molecule has 1 aromatic heterocycles. The second-order valence-electron chi connectivity index (χ2n) is 6.61. The Hall–Kier alpha value is -0.900. The van der Waals surface area contributed by atoms with Crippen molar-refractivity contribution < 1.29 is 4.52 Å². The van der Waals surface area contributed by atoms with Crippen LogP contribution in [-0.2, 0) is 6.42 Å². The average Bonchev–Trinajstić information content (AvgIpc) is 2.73. The van der Waals surface area contributed by atoms with Gasteiger partial charge in [0.1, 0.15) is 0 Å². The van der Waals surface area contributed by atoms with Gasteiger partial charge in [0.05, 0.1) is 0 Å². The number of hydrogen-bond acceptors (Lipinski definition) is 4. The minimum Gasteiger partial charge on any atom is -0.339 e. The van der Waals surface area contributed by atoms with Crippen molar-refractivity contribution in [2.24, 2.45) is 11.3 Å². The van der Waals surface area contributed by atoms with Crippen LogP contribution in [0.15, 0.2) is 4.52 Å². The lowest BCUT2D eigenvalue weighted by atomic mass is 10.0. The monoisotopic (exact) mass is 251 g/mol. The minimum atomic E-state index is 0.363. The Morgan fingerprint density at radius 2 is 2.11 bits per heavy atom. The highest BCUT2D eigenvalue weighted by Crippen LogP contribution is 2.57. The van der Waals surface area contributed by atoms with Crippen LogP contribution in [0.2, 0.25) is 0 Å². The molecule has 1 aliphatic rings. The largest absolute Gasteiger partial charge is 0.339 e. The molecule has 0 radical (unpaired) electrons. The van der Waals surface area contributed by atoms with Crippen molar-refractivity contribution in [1.82, 2.24) is 15.5 Å². The molecule has 1 fully saturated rings. The zero-order valence-corrected chi connectivity index (χ0v) is 12.2. The fourth-order valence-electron chi connectivity index (χ4n) is 2.48. The van der Waals surface area contributed by atoms with Crippen molar-refractivity contribution in [2.75, 3.05) is 7.05 Å². The standard InChI is InChI=1S/C14H25N3O/c1-9(2)6-10(15-5)7-12-16-13(17-18-12)11-8-14(11,3)4/h9-11,15H,6-8H2,1-5H3. The summed E-state index contributed by atoms with van der Waals surface area (Å²) in [7, 11) is 1.99. The Morgan fingerprint density at radius 1 is 1.44 bits per heavy atom. The van der Waals surface area contributed by atoms with Gasteiger partial charge in [-0.2, -0.15) is 4.98 Å². The maximum Gasteiger partial charge on any atom is 0.228 e. The molecule has 1 aromatic rings. The molecule has 102 valence electrons. The van der Waals surface area contributed by atoms with E-state index in [1.165, 1.54) is 6.42 Å². The zero-order chi connectivity index (χ0) is 13.3. The number of rotatable bonds is 6. The van der Waals surface area contributed by atoms with E-state index in [0.29, 0.717) is 23.3 Å². The van der Waals surface area contributed by atoms with Gasteiger partial charge in [-0.3, -0.25) is 0 Å². The van der Waals surface area contributed by atoms with E-state index in [1.807, 2.05) is 7.05 Å². The molecule has 4 heteroatoms. The summed E-state index contributed by atoms with van der Waals surface area (Å²) in [5, 5.41) is 7.45. The molecule has 1 heterocycles. The van der Waals surface area contributed by atoms with E-state index in [1.54, 1.807) is 0 Å². The maximum absolute atomic E-state index is 5.37. The van der Waals surface area contributed by atoms with E-state index >= 15 is 0 Å². The molecule has 2 rings (SSSR count). The third-order valence-corrected chi connectivity index (χ3v) is 3.89. The predicted octanol–water partition coefficient (Wildman–Crippen LogP) is 2.76. The number of nitrogens with one attached hydrogen (secondary N) is 1. The van der Waals surface area contributed by atoms with Crippen molar-refractivity contribution in [3.63, 3.8) is 0 Å². The first kappa shape index (κ1) is 13.5. The number of likely N-dealkylation sites (N-methyl/N-ethyl adjacent to an activating group) is 1. The topological polar surface area (TPSA) is 51.0 Å². The van der Waals surface area contributed by atoms with Crippen LogP contribution in [0.1, 0.15) is 58.2 Å². The number of nitrogens with zero attached hydrogens (tertiary/aromatic N) is 2. The Bertz CT molecular complexity index is 397. The highest BCUT2D eigenvalue weighted by atomic mass is 16.5. The summed E-state index contributed by atoms with van der Waals surface area (Å²) < 4.78 is 5.37. The number of aromatic nitrogens is 2. The van der Waals surface area contributed by atoms with E-state index in [-0.39, 0.29) is 0 Å². The maximum atomic E-state index is 5.37. The third kappa shape index (κ3) is 3.10. The van der Waals surface area contributed by atoms with Gasteiger partial charge in [-0.05, 0) is 31.2 Å². The molecule has 18 heavy (non-hydrogen) atoms. The molecular weight excluding hydrogens is 226 g/mol. The van der Waals surface area contributed by atoms with Gasteiger partial charge in [-0.15, -0.1) is 0 Å². The molecular formula is C14H25N3O. The molecule has 1 saturated carbocycles. The van der Waals surface area contributed by atoms with Crippen LogP contribution in [0.4, 0.5) is 0 Å². The van der Waals surface area contributed by atoms with Crippen LogP contribution < -0.4 is 5.32 Å². The molecule has 0 bridgehead atoms. The normalized spacial score (nSPS) is 23.3. The van der Waals surface area contributed by atoms with Crippen LogP contribution in [0.5, 0.6) is 0 Å². The average molecular weight is 251 g/mol. The van der Waals surface area contributed by atoms with Gasteiger partial charge in [0.2, 0.25) is 5.89 Å². The molecule has 2 atom stereocenters. The lowest BCUT2D eigenvalue weighted by Crippen LogP contribution is -2.29. The van der Waals surface area contributed by atoms with Gasteiger partial charge < -0.3 is 9.84 Å². The van der Waals surface area contributed by atoms with Crippen LogP contribution >= 0.6 is 0 Å². The van der Waals surface area contributed by atoms with E-state index < -0.39 is 0 Å². The highest BCUT2D eigenvalue weighted by Gasteiger charge is 2.49. The zero-order valence-electron chi connectivity index (χ0n) is 12.2. The predicted molar refractivity (Wildman–Crippen MR) is 71.4 cm³/mol. The van der Waals surface area contributed by atoms with Gasteiger partial charge in [-0.1, -0.05) is 32.9 Å². The quantitative estimate of drug-likeness (QED) is 0.844. The highest BCUT2D eigenvalue weighted by molar-refractivity contribution is 5.14. The van der Waals surface area contributed by atoms with Crippen molar-refractivity contribution in [3.05, 3.63) is 11.7 Å². The van der Waals surface area contributed by atoms with Gasteiger partial charge in [0.25, 0.3) is 0 Å². The summed E-state index contributed by atoms with van der Waals surface area (Å²) in [5.41, 5.74) is 0.363. The molecule has 0 aromatic carbocycles. The Kier molecular flexibility index (Phi) is 3.76. The fraction of sp³-hybridized carbons (Fsp3) is 0.857. The summed E-state index contributed by atoms with van der Waals surface area (Å²) >= 11 is 0. The Labute approximate surface area is 110 Å². The van der Waals surface area contributed by atoms with Crippen molar-refractivity contribution in [2.45, 2.75) is 58.9 Å². The van der Waals surface area contributed by atoms with Crippen molar-refractivity contribution in [3.8, 4) is 0 Å². The molecule has 2 unspecified atom stereocenters. The third-order valence-electron chi connectivity index (χ3n) is 3.89. The van der Waals surface area contributed by atoms with Crippen molar-refractivity contribution in [1.29, 1.82) is 0 Å². The number of hydrogen-bond donors (Lipinski definition) is 1. The first-order valence-electron chi connectivity index (χ1n) is 6.92. The molecule has 4 nitrogen and oxygen atoms in total. The first-order valence-corrected chi connectivity index (χ1v) is 6.92. The van der Waals surface area contributed by atoms with E-state index in [4.69, 9.17) is 4.52 Å². The lowest BCUT2D eigenvalue weighted by molar-refractivity contribution is 0.341. The molecule has 0 aliphatic heterocycles. The van der Waals surface area contributed by atoms with Gasteiger partial charge in [0, 0.05) is 18.4 Å². The summed E-state index contributed by atoms with van der Waals surface area (Å²) in [6, 6.07) is 0.422. The summed E-state index contributed by atoms with van der Waals surface area (Å²) in [6.07, 6.45) is 3.13. The Morgan fingerprint density at radius 3 is 2.61 bits per heavy atom. The van der Waals surface area contributed by atoms with E-state index in [2.05, 4.69) is 43.2 Å². The summed E-state index contributed by atoms with van der Waals surface area (Å²) in [4.78, 5) is 4.55. The summed E-state index contributed by atoms with van der Waals surface area (Å²) in [5.74, 6) is 2.84.